The van der Waals surface area contributed by atoms with Crippen molar-refractivity contribution in [3.63, 3.8) is 0 Å². The number of nitriles is 1. The fraction of sp³-hybridized carbons (Fsp3) is 0.250. The number of nitrogens with one attached hydrogen (secondary N) is 1. The van der Waals surface area contributed by atoms with Gasteiger partial charge in [-0.25, -0.2) is 15.0 Å². The van der Waals surface area contributed by atoms with E-state index in [9.17, 15) is 0 Å². The summed E-state index contributed by atoms with van der Waals surface area (Å²) in [4.78, 5) is 13.7. The molecule has 4 aromatic rings. The van der Waals surface area contributed by atoms with Gasteiger partial charge in [-0.05, 0) is 67.1 Å². The minimum absolute atomic E-state index is 0.164. The Hall–Kier alpha value is -3.76. The molecule has 2 N–H and O–H groups in total. The van der Waals surface area contributed by atoms with Crippen LogP contribution in [0.3, 0.4) is 0 Å². The number of imidazole rings is 1. The molecular weight excluding hydrogens is 388 g/mol. The first kappa shape index (κ1) is 19.2. The molecule has 0 saturated heterocycles. The molecule has 0 radical (unpaired) electrons. The minimum Gasteiger partial charge on any atom is -0.396 e. The summed E-state index contributed by atoms with van der Waals surface area (Å²) < 4.78 is 2.06. The molecule has 31 heavy (non-hydrogen) atoms. The highest BCUT2D eigenvalue weighted by atomic mass is 16.3. The lowest BCUT2D eigenvalue weighted by Crippen LogP contribution is -2.00. The zero-order valence-electron chi connectivity index (χ0n) is 17.0. The Balaban J connectivity index is 1.50. The number of nitrogens with zero attached hydrogens (tertiary/aromatic N) is 5. The molecule has 7 nitrogen and oxygen atoms in total. The van der Waals surface area contributed by atoms with Gasteiger partial charge in [-0.3, -0.25) is 0 Å². The number of fused-ring (bicyclic) bond motifs is 1. The Labute approximate surface area is 180 Å². The summed E-state index contributed by atoms with van der Waals surface area (Å²) in [6.07, 6.45) is 6.53. The summed E-state index contributed by atoms with van der Waals surface area (Å²) in [7, 11) is 0. The van der Waals surface area contributed by atoms with Crippen LogP contribution in [0, 0.1) is 11.3 Å². The largest absolute Gasteiger partial charge is 0.396 e. The first-order valence-electron chi connectivity index (χ1n) is 10.4. The highest BCUT2D eigenvalue weighted by molar-refractivity contribution is 5.82. The van der Waals surface area contributed by atoms with Gasteiger partial charge in [-0.2, -0.15) is 5.26 Å². The van der Waals surface area contributed by atoms with Crippen LogP contribution in [0.15, 0.2) is 55.0 Å². The average molecular weight is 410 g/mol. The summed E-state index contributed by atoms with van der Waals surface area (Å²) in [6, 6.07) is 16.0. The van der Waals surface area contributed by atoms with Gasteiger partial charge in [0, 0.05) is 24.9 Å². The summed E-state index contributed by atoms with van der Waals surface area (Å²) in [5.41, 5.74) is 5.66. The Morgan fingerprint density at radius 1 is 1.10 bits per heavy atom. The second-order valence-corrected chi connectivity index (χ2v) is 7.83. The van der Waals surface area contributed by atoms with Gasteiger partial charge >= 0.3 is 0 Å². The van der Waals surface area contributed by atoms with E-state index in [1.54, 1.807) is 18.3 Å². The third kappa shape index (κ3) is 4.11. The van der Waals surface area contributed by atoms with Gasteiger partial charge in [-0.15, -0.1) is 0 Å². The molecule has 0 aliphatic heterocycles. The quantitative estimate of drug-likeness (QED) is 0.469. The molecule has 0 unspecified atom stereocenters. The smallest absolute Gasteiger partial charge is 0.132 e. The van der Waals surface area contributed by atoms with Crippen molar-refractivity contribution in [3.8, 4) is 17.3 Å². The van der Waals surface area contributed by atoms with E-state index >= 15 is 0 Å². The lowest BCUT2D eigenvalue weighted by atomic mass is 10.1. The molecule has 1 aliphatic rings. The maximum absolute atomic E-state index is 9.14. The van der Waals surface area contributed by atoms with E-state index in [4.69, 9.17) is 15.4 Å². The molecule has 3 heterocycles. The highest BCUT2D eigenvalue weighted by Crippen LogP contribution is 2.42. The zero-order chi connectivity index (χ0) is 21.2. The van der Waals surface area contributed by atoms with Crippen molar-refractivity contribution in [1.82, 2.24) is 19.5 Å². The molecule has 1 fully saturated rings. The molecule has 3 aromatic heterocycles. The number of hydrogen-bond acceptors (Lipinski definition) is 6. The number of aryl methyl sites for hydroxylation is 1. The van der Waals surface area contributed by atoms with Crippen LogP contribution in [0.5, 0.6) is 0 Å². The Kier molecular flexibility index (Phi) is 5.06. The van der Waals surface area contributed by atoms with Crippen LogP contribution in [0.25, 0.3) is 22.3 Å². The SMILES string of the molecule is N#Cc1ccnc(Nc2cc(C3CC3)cc(-c3ccc4c(c3)ncn4CCCO)n2)c1. The second kappa shape index (κ2) is 8.17. The molecule has 1 aromatic carbocycles. The second-order valence-electron chi connectivity index (χ2n) is 7.83. The van der Waals surface area contributed by atoms with Crippen LogP contribution < -0.4 is 5.32 Å². The molecule has 5 rings (SSSR count). The van der Waals surface area contributed by atoms with E-state index in [0.29, 0.717) is 23.7 Å². The number of aliphatic hydroxyl groups excluding tert-OH is 1. The first-order valence-corrected chi connectivity index (χ1v) is 10.4. The Morgan fingerprint density at radius 2 is 2.00 bits per heavy atom. The van der Waals surface area contributed by atoms with Crippen molar-refractivity contribution in [2.75, 3.05) is 11.9 Å². The van der Waals surface area contributed by atoms with Crippen LogP contribution in [-0.4, -0.2) is 31.2 Å². The number of pyridine rings is 2. The average Bonchev–Trinajstić information content (AvgIpc) is 3.58. The molecule has 0 atom stereocenters. The van der Waals surface area contributed by atoms with Gasteiger partial charge in [0.25, 0.3) is 0 Å². The topological polar surface area (TPSA) is 99.7 Å². The Morgan fingerprint density at radius 3 is 2.81 bits per heavy atom. The lowest BCUT2D eigenvalue weighted by molar-refractivity contribution is 0.280. The molecule has 0 spiro atoms. The molecule has 0 bridgehead atoms. The standard InChI is InChI=1S/C24H22N6O/c25-14-16-6-7-26-23(10-16)29-24-13-19(17-2-3-17)12-20(28-24)18-4-5-22-21(11-18)27-15-30(22)8-1-9-31/h4-7,10-13,15,17,31H,1-3,8-9H2,(H,26,28,29). The summed E-state index contributed by atoms with van der Waals surface area (Å²) in [5, 5.41) is 21.5. The predicted molar refractivity (Wildman–Crippen MR) is 119 cm³/mol. The van der Waals surface area contributed by atoms with Gasteiger partial charge in [0.2, 0.25) is 0 Å². The van der Waals surface area contributed by atoms with E-state index in [2.05, 4.69) is 56.3 Å². The van der Waals surface area contributed by atoms with Gasteiger partial charge in [0.15, 0.2) is 0 Å². The summed E-state index contributed by atoms with van der Waals surface area (Å²) in [6.45, 7) is 0.905. The summed E-state index contributed by atoms with van der Waals surface area (Å²) in [5.74, 6) is 1.89. The van der Waals surface area contributed by atoms with Crippen molar-refractivity contribution in [2.24, 2.45) is 0 Å². The molecule has 0 amide bonds. The van der Waals surface area contributed by atoms with Crippen LogP contribution in [-0.2, 0) is 6.54 Å². The van der Waals surface area contributed by atoms with Crippen molar-refractivity contribution in [3.05, 3.63) is 66.1 Å². The van der Waals surface area contributed by atoms with Gasteiger partial charge in [0.05, 0.1) is 34.7 Å². The number of anilines is 2. The molecule has 154 valence electrons. The lowest BCUT2D eigenvalue weighted by Gasteiger charge is -2.11. The molecular formula is C24H22N6O. The number of benzene rings is 1. The van der Waals surface area contributed by atoms with Crippen LogP contribution in [0.4, 0.5) is 11.6 Å². The fourth-order valence-electron chi connectivity index (χ4n) is 3.76. The highest BCUT2D eigenvalue weighted by Gasteiger charge is 2.25. The number of hydrogen-bond donors (Lipinski definition) is 2. The third-order valence-electron chi connectivity index (χ3n) is 5.52. The van der Waals surface area contributed by atoms with Gasteiger partial charge < -0.3 is 15.0 Å². The number of aromatic nitrogens is 4. The predicted octanol–water partition coefficient (Wildman–Crippen LogP) is 4.37. The van der Waals surface area contributed by atoms with Crippen LogP contribution in [0.2, 0.25) is 0 Å². The molecule has 7 heteroatoms. The maximum Gasteiger partial charge on any atom is 0.132 e. The minimum atomic E-state index is 0.164. The van der Waals surface area contributed by atoms with Gasteiger partial charge in [0.1, 0.15) is 11.6 Å². The molecule has 1 aliphatic carbocycles. The van der Waals surface area contributed by atoms with E-state index < -0.39 is 0 Å². The van der Waals surface area contributed by atoms with Crippen molar-refractivity contribution < 1.29 is 5.11 Å². The third-order valence-corrected chi connectivity index (χ3v) is 5.52. The summed E-state index contributed by atoms with van der Waals surface area (Å²) >= 11 is 0. The maximum atomic E-state index is 9.14. The monoisotopic (exact) mass is 410 g/mol. The van der Waals surface area contributed by atoms with Crippen LogP contribution >= 0.6 is 0 Å². The van der Waals surface area contributed by atoms with Crippen LogP contribution in [0.1, 0.15) is 36.3 Å². The number of aliphatic hydroxyl groups is 1. The molecule has 1 saturated carbocycles. The zero-order valence-corrected chi connectivity index (χ0v) is 17.0. The Bertz CT molecular complexity index is 1280. The van der Waals surface area contributed by atoms with E-state index in [0.717, 1.165) is 34.7 Å². The van der Waals surface area contributed by atoms with E-state index in [1.165, 1.54) is 18.4 Å². The fourth-order valence-corrected chi connectivity index (χ4v) is 3.76. The van der Waals surface area contributed by atoms with Crippen molar-refractivity contribution >= 4 is 22.7 Å². The first-order chi connectivity index (χ1) is 15.2. The normalized spacial score (nSPS) is 13.3. The van der Waals surface area contributed by atoms with Gasteiger partial charge in [-0.1, -0.05) is 6.07 Å². The van der Waals surface area contributed by atoms with Crippen molar-refractivity contribution in [1.29, 1.82) is 5.26 Å². The van der Waals surface area contributed by atoms with Crippen molar-refractivity contribution in [2.45, 2.75) is 31.7 Å². The van der Waals surface area contributed by atoms with E-state index in [-0.39, 0.29) is 6.61 Å². The van der Waals surface area contributed by atoms with E-state index in [1.807, 2.05) is 6.33 Å². The number of rotatable bonds is 7.